The average Bonchev–Trinajstić information content (AvgIpc) is 3.76. The monoisotopic (exact) mass is 1050 g/mol. The summed E-state index contributed by atoms with van der Waals surface area (Å²) in [5.74, 6) is 0.421. The van der Waals surface area contributed by atoms with Gasteiger partial charge >= 0.3 is 5.51 Å². The van der Waals surface area contributed by atoms with Gasteiger partial charge in [-0.1, -0.05) is 47.5 Å². The summed E-state index contributed by atoms with van der Waals surface area (Å²) in [6.07, 6.45) is 6.52. The number of piperazine rings is 1. The molecule has 3 saturated heterocycles. The van der Waals surface area contributed by atoms with Crippen LogP contribution in [0.15, 0.2) is 117 Å². The molecule has 18 heteroatoms. The number of hydrogen-bond donors (Lipinski definition) is 2. The Morgan fingerprint density at radius 1 is 0.817 bits per heavy atom. The number of sulfonamides is 1. The molecule has 9 rings (SSSR count). The second kappa shape index (κ2) is 20.7. The van der Waals surface area contributed by atoms with Gasteiger partial charge in [0.1, 0.15) is 4.90 Å². The van der Waals surface area contributed by atoms with Crippen molar-refractivity contribution < 1.29 is 34.8 Å². The molecular formula is C53H64ClF3N6O5S3. The fraction of sp³-hybridized carbons (Fsp3) is 0.491. The third-order valence-electron chi connectivity index (χ3n) is 15.3. The predicted molar refractivity (Wildman–Crippen MR) is 277 cm³/mol. The van der Waals surface area contributed by atoms with Crippen molar-refractivity contribution in [3.05, 3.63) is 119 Å². The Morgan fingerprint density at radius 2 is 1.48 bits per heavy atom. The molecule has 71 heavy (non-hydrogen) atoms. The van der Waals surface area contributed by atoms with E-state index in [-0.39, 0.29) is 16.8 Å². The summed E-state index contributed by atoms with van der Waals surface area (Å²) in [6, 6.07) is 26.2. The third kappa shape index (κ3) is 12.1. The van der Waals surface area contributed by atoms with Crippen LogP contribution in [0.2, 0.25) is 5.02 Å². The lowest BCUT2D eigenvalue weighted by Gasteiger charge is -2.38. The van der Waals surface area contributed by atoms with E-state index >= 15 is 0 Å². The van der Waals surface area contributed by atoms with Gasteiger partial charge in [0.15, 0.2) is 0 Å². The predicted octanol–water partition coefficient (Wildman–Crippen LogP) is 9.92. The van der Waals surface area contributed by atoms with Crippen LogP contribution >= 0.6 is 23.4 Å². The molecule has 3 aliphatic heterocycles. The number of anilines is 2. The van der Waals surface area contributed by atoms with Gasteiger partial charge in [0.25, 0.3) is 25.8 Å². The van der Waals surface area contributed by atoms with E-state index in [1.807, 2.05) is 47.2 Å². The molecule has 3 heterocycles. The molecule has 4 aromatic rings. The van der Waals surface area contributed by atoms with Crippen molar-refractivity contribution in [3.63, 3.8) is 0 Å². The molecule has 382 valence electrons. The number of amides is 1. The van der Waals surface area contributed by atoms with E-state index in [4.69, 9.17) is 11.6 Å². The van der Waals surface area contributed by atoms with Crippen molar-refractivity contribution in [1.82, 2.24) is 19.4 Å². The number of nitrogens with zero attached hydrogens (tertiary/aromatic N) is 4. The SMILES string of the molecule is CC(C)(C)N1C[C@H]2CN(CC[C@H](CSc3ccccc3)Nc3ccc(S(=O)(=O)NC(=O)c4ccc(N5CCN(CC6=C(c7ccc(Cl)cc7)CCC7(CC7)C6)CC5)cc4)cc3S(=O)(=O)C(F)(F)F)C[C@@H]2C1. The van der Waals surface area contributed by atoms with Crippen LogP contribution in [0.1, 0.15) is 75.2 Å². The summed E-state index contributed by atoms with van der Waals surface area (Å²) in [5.41, 5.74) is -0.489. The van der Waals surface area contributed by atoms with Gasteiger partial charge in [-0.15, -0.1) is 11.8 Å². The second-order valence-electron chi connectivity index (χ2n) is 21.2. The molecule has 0 unspecified atom stereocenters. The molecule has 1 spiro atoms. The minimum absolute atomic E-state index is 0.0114. The second-order valence-corrected chi connectivity index (χ2v) is 26.3. The molecule has 0 radical (unpaired) electrons. The summed E-state index contributed by atoms with van der Waals surface area (Å²) in [4.78, 5) is 21.9. The summed E-state index contributed by atoms with van der Waals surface area (Å²) in [7, 11) is -10.9. The lowest BCUT2D eigenvalue weighted by molar-refractivity contribution is -0.0435. The number of sulfone groups is 1. The molecule has 4 aromatic carbocycles. The molecule has 2 N–H and O–H groups in total. The van der Waals surface area contributed by atoms with Crippen molar-refractivity contribution in [2.45, 2.75) is 91.1 Å². The normalized spacial score (nSPS) is 21.6. The van der Waals surface area contributed by atoms with E-state index in [0.717, 1.165) is 99.5 Å². The lowest BCUT2D eigenvalue weighted by Crippen LogP contribution is -2.47. The summed E-state index contributed by atoms with van der Waals surface area (Å²) >= 11 is 7.70. The Kier molecular flexibility index (Phi) is 15.1. The first-order valence-electron chi connectivity index (χ1n) is 24.6. The fourth-order valence-electron chi connectivity index (χ4n) is 10.9. The van der Waals surface area contributed by atoms with Gasteiger partial charge in [0.05, 0.1) is 10.6 Å². The minimum atomic E-state index is -6.06. The fourth-order valence-corrected chi connectivity index (χ4v) is 14.0. The first-order valence-corrected chi connectivity index (χ1v) is 29.0. The Morgan fingerprint density at radius 3 is 2.10 bits per heavy atom. The van der Waals surface area contributed by atoms with Gasteiger partial charge in [-0.2, -0.15) is 13.2 Å². The highest BCUT2D eigenvalue weighted by Gasteiger charge is 2.49. The number of hydrogen-bond acceptors (Lipinski definition) is 11. The maximum atomic E-state index is 14.4. The number of nitrogens with one attached hydrogen (secondary N) is 2. The molecular weight excluding hydrogens is 989 g/mol. The number of rotatable bonds is 16. The molecule has 0 bridgehead atoms. The van der Waals surface area contributed by atoms with Crippen molar-refractivity contribution in [2.75, 3.05) is 81.4 Å². The van der Waals surface area contributed by atoms with E-state index in [9.17, 15) is 34.8 Å². The lowest BCUT2D eigenvalue weighted by atomic mass is 9.79. The van der Waals surface area contributed by atoms with E-state index in [1.54, 1.807) is 12.1 Å². The number of likely N-dealkylation sites (tertiary alicyclic amines) is 2. The highest BCUT2D eigenvalue weighted by Crippen LogP contribution is 2.58. The number of alkyl halides is 3. The zero-order valence-corrected chi connectivity index (χ0v) is 43.8. The number of halogens is 4. The molecule has 1 amide bonds. The van der Waals surface area contributed by atoms with Crippen molar-refractivity contribution in [1.29, 1.82) is 0 Å². The quantitative estimate of drug-likeness (QED) is 0.104. The number of carbonyl (C=O) groups excluding carboxylic acids is 1. The van der Waals surface area contributed by atoms with Crippen LogP contribution in [0.5, 0.6) is 0 Å². The van der Waals surface area contributed by atoms with Crippen LogP contribution in [0.25, 0.3) is 5.57 Å². The maximum absolute atomic E-state index is 14.4. The third-order valence-corrected chi connectivity index (χ3v) is 19.6. The van der Waals surface area contributed by atoms with Crippen molar-refractivity contribution in [2.24, 2.45) is 17.3 Å². The number of benzene rings is 4. The zero-order chi connectivity index (χ0) is 50.3. The minimum Gasteiger partial charge on any atom is -0.380 e. The highest BCUT2D eigenvalue weighted by atomic mass is 35.5. The number of allylic oxidation sites excluding steroid dienone is 1. The maximum Gasteiger partial charge on any atom is 0.501 e. The Bertz CT molecular complexity index is 2800. The van der Waals surface area contributed by atoms with Gasteiger partial charge < -0.3 is 15.1 Å². The van der Waals surface area contributed by atoms with Gasteiger partial charge in [0, 0.05) is 104 Å². The Balaban J connectivity index is 0.853. The van der Waals surface area contributed by atoms with Crippen LogP contribution in [0, 0.1) is 17.3 Å². The van der Waals surface area contributed by atoms with E-state index in [2.05, 4.69) is 57.8 Å². The average molecular weight is 1050 g/mol. The molecule has 4 fully saturated rings. The van der Waals surface area contributed by atoms with Gasteiger partial charge in [-0.25, -0.2) is 21.6 Å². The zero-order valence-electron chi connectivity index (χ0n) is 40.6. The van der Waals surface area contributed by atoms with Gasteiger partial charge in [0.2, 0.25) is 0 Å². The smallest absolute Gasteiger partial charge is 0.380 e. The Hall–Kier alpha value is -4.10. The number of fused-ring (bicyclic) bond motifs is 1. The van der Waals surface area contributed by atoms with Crippen LogP contribution in [-0.4, -0.2) is 126 Å². The summed E-state index contributed by atoms with van der Waals surface area (Å²) in [6.45, 7) is 15.2. The summed E-state index contributed by atoms with van der Waals surface area (Å²) in [5, 5.41) is 3.81. The van der Waals surface area contributed by atoms with Gasteiger partial charge in [-0.3, -0.25) is 14.6 Å². The van der Waals surface area contributed by atoms with E-state index in [0.29, 0.717) is 42.0 Å². The molecule has 5 aliphatic rings. The van der Waals surface area contributed by atoms with Gasteiger partial charge in [-0.05, 0) is 154 Å². The first kappa shape index (κ1) is 51.8. The molecule has 1 saturated carbocycles. The van der Waals surface area contributed by atoms with Crippen LogP contribution in [0.3, 0.4) is 0 Å². The largest absolute Gasteiger partial charge is 0.501 e. The molecule has 0 aromatic heterocycles. The van der Waals surface area contributed by atoms with E-state index < -0.39 is 47.1 Å². The van der Waals surface area contributed by atoms with Crippen molar-refractivity contribution >= 4 is 66.1 Å². The topological polar surface area (TPSA) is 122 Å². The van der Waals surface area contributed by atoms with Crippen LogP contribution in [0.4, 0.5) is 24.5 Å². The Labute approximate surface area is 426 Å². The number of carbonyl (C=O) groups is 1. The summed E-state index contributed by atoms with van der Waals surface area (Å²) < 4.78 is 98.9. The molecule has 2 aliphatic carbocycles. The van der Waals surface area contributed by atoms with Crippen LogP contribution < -0.4 is 14.9 Å². The highest BCUT2D eigenvalue weighted by molar-refractivity contribution is 7.99. The first-order chi connectivity index (χ1) is 33.6. The standard InChI is InChI=1S/C53H64ClF3N6O5S3/c1-51(2,3)63-34-40-32-61(33-41(40)35-63)24-20-43(36-69-45-7-5-4-6-8-45)58-48-18-17-46(29-49(48)70(65,66)53(55,56)57)71(67,68)59-50(64)38-11-15-44(16-12-38)62-27-25-60(26-28-62)31-39-30-52(22-23-52)21-19-47(39)37-9-13-42(54)14-10-37/h4-18,29,40-41,43,58H,19-28,30-36H2,1-3H3,(H,59,64)/t40-,41-,43-/m1/s1. The van der Waals surface area contributed by atoms with Crippen molar-refractivity contribution in [3.8, 4) is 0 Å². The molecule has 3 atom stereocenters. The van der Waals surface area contributed by atoms with Crippen LogP contribution in [-0.2, 0) is 19.9 Å². The molecule has 11 nitrogen and oxygen atoms in total. The van der Waals surface area contributed by atoms with E-state index in [1.165, 1.54) is 59.9 Å². The number of thioether (sulfide) groups is 1.